The minimum absolute atomic E-state index is 0.0130. The Balaban J connectivity index is 2.38. The van der Waals surface area contributed by atoms with Gasteiger partial charge in [0.15, 0.2) is 0 Å². The zero-order chi connectivity index (χ0) is 11.5. The summed E-state index contributed by atoms with van der Waals surface area (Å²) in [4.78, 5) is 4.37. The van der Waals surface area contributed by atoms with Crippen LogP contribution >= 0.6 is 0 Å². The van der Waals surface area contributed by atoms with Crippen LogP contribution in [0.2, 0.25) is 0 Å². The summed E-state index contributed by atoms with van der Waals surface area (Å²) in [5.41, 5.74) is 3.11. The molecule has 2 aromatic rings. The van der Waals surface area contributed by atoms with Crippen molar-refractivity contribution in [2.45, 2.75) is 20.0 Å². The van der Waals surface area contributed by atoms with E-state index in [1.807, 2.05) is 17.8 Å². The average molecular weight is 216 g/mol. The molecule has 0 spiro atoms. The Morgan fingerprint density at radius 1 is 1.25 bits per heavy atom. The van der Waals surface area contributed by atoms with E-state index in [2.05, 4.69) is 36.2 Å². The summed E-state index contributed by atoms with van der Waals surface area (Å²) >= 11 is 0. The summed E-state index contributed by atoms with van der Waals surface area (Å²) in [5, 5.41) is 9.03. The second kappa shape index (κ2) is 4.49. The SMILES string of the molecule is CCc1ccc(-c2nc(CO)cn2C)cc1. The van der Waals surface area contributed by atoms with Gasteiger partial charge in [0.05, 0.1) is 12.3 Å². The normalized spacial score (nSPS) is 10.7. The molecule has 0 saturated carbocycles. The predicted molar refractivity (Wildman–Crippen MR) is 63.9 cm³/mol. The maximum absolute atomic E-state index is 9.03. The first-order valence-corrected chi connectivity index (χ1v) is 5.47. The van der Waals surface area contributed by atoms with Crippen molar-refractivity contribution in [2.75, 3.05) is 0 Å². The van der Waals surface area contributed by atoms with Crippen molar-refractivity contribution in [3.63, 3.8) is 0 Å². The molecule has 84 valence electrons. The van der Waals surface area contributed by atoms with Gasteiger partial charge < -0.3 is 9.67 Å². The lowest BCUT2D eigenvalue weighted by Gasteiger charge is -2.02. The lowest BCUT2D eigenvalue weighted by molar-refractivity contribution is 0.277. The molecule has 0 aliphatic rings. The number of aliphatic hydroxyl groups is 1. The van der Waals surface area contributed by atoms with Crippen molar-refractivity contribution in [2.24, 2.45) is 7.05 Å². The van der Waals surface area contributed by atoms with E-state index in [1.54, 1.807) is 0 Å². The van der Waals surface area contributed by atoms with Gasteiger partial charge in [-0.25, -0.2) is 4.98 Å². The molecule has 3 nitrogen and oxygen atoms in total. The molecular weight excluding hydrogens is 200 g/mol. The standard InChI is InChI=1S/C13H16N2O/c1-3-10-4-6-11(7-5-10)13-14-12(9-16)8-15(13)2/h4-8,16H,3,9H2,1-2H3. The van der Waals surface area contributed by atoms with E-state index in [0.29, 0.717) is 5.69 Å². The van der Waals surface area contributed by atoms with Crippen molar-refractivity contribution in [3.05, 3.63) is 41.7 Å². The fraction of sp³-hybridized carbons (Fsp3) is 0.308. The lowest BCUT2D eigenvalue weighted by Crippen LogP contribution is -1.91. The molecule has 1 aromatic carbocycles. The Morgan fingerprint density at radius 2 is 1.94 bits per heavy atom. The lowest BCUT2D eigenvalue weighted by atomic mass is 10.1. The molecule has 16 heavy (non-hydrogen) atoms. The first-order chi connectivity index (χ1) is 7.74. The first-order valence-electron chi connectivity index (χ1n) is 5.47. The number of nitrogens with zero attached hydrogens (tertiary/aromatic N) is 2. The van der Waals surface area contributed by atoms with Crippen LogP contribution in [0.5, 0.6) is 0 Å². The number of aliphatic hydroxyl groups excluding tert-OH is 1. The Hall–Kier alpha value is -1.61. The number of imidazole rings is 1. The number of hydrogen-bond acceptors (Lipinski definition) is 2. The number of aryl methyl sites for hydroxylation is 2. The zero-order valence-electron chi connectivity index (χ0n) is 9.64. The van der Waals surface area contributed by atoms with Gasteiger partial charge in [0.2, 0.25) is 0 Å². The second-order valence-electron chi connectivity index (χ2n) is 3.88. The summed E-state index contributed by atoms with van der Waals surface area (Å²) in [6, 6.07) is 8.37. The summed E-state index contributed by atoms with van der Waals surface area (Å²) in [6.07, 6.45) is 2.89. The van der Waals surface area contributed by atoms with Crippen LogP contribution in [0.25, 0.3) is 11.4 Å². The van der Waals surface area contributed by atoms with Gasteiger partial charge in [-0.1, -0.05) is 31.2 Å². The average Bonchev–Trinajstić information content (AvgIpc) is 2.71. The predicted octanol–water partition coefficient (Wildman–Crippen LogP) is 2.14. The third kappa shape index (κ3) is 1.99. The number of hydrogen-bond donors (Lipinski definition) is 1. The monoisotopic (exact) mass is 216 g/mol. The van der Waals surface area contributed by atoms with Gasteiger partial charge in [-0.2, -0.15) is 0 Å². The van der Waals surface area contributed by atoms with Crippen LogP contribution in [-0.2, 0) is 20.1 Å². The van der Waals surface area contributed by atoms with Gasteiger partial charge in [-0.3, -0.25) is 0 Å². The quantitative estimate of drug-likeness (QED) is 0.853. The molecular formula is C13H16N2O. The van der Waals surface area contributed by atoms with E-state index in [4.69, 9.17) is 5.11 Å². The van der Waals surface area contributed by atoms with Gasteiger partial charge in [0.1, 0.15) is 5.82 Å². The maximum atomic E-state index is 9.03. The van der Waals surface area contributed by atoms with E-state index in [0.717, 1.165) is 17.8 Å². The Bertz CT molecular complexity index is 471. The second-order valence-corrected chi connectivity index (χ2v) is 3.88. The third-order valence-electron chi connectivity index (χ3n) is 2.71. The van der Waals surface area contributed by atoms with E-state index >= 15 is 0 Å². The molecule has 0 bridgehead atoms. The number of aromatic nitrogens is 2. The molecule has 2 rings (SSSR count). The van der Waals surface area contributed by atoms with Gasteiger partial charge in [0.25, 0.3) is 0 Å². The van der Waals surface area contributed by atoms with E-state index < -0.39 is 0 Å². The van der Waals surface area contributed by atoms with Crippen molar-refractivity contribution in [1.82, 2.24) is 9.55 Å². The minimum Gasteiger partial charge on any atom is -0.390 e. The molecule has 0 aliphatic carbocycles. The van der Waals surface area contributed by atoms with Crippen LogP contribution < -0.4 is 0 Å². The summed E-state index contributed by atoms with van der Waals surface area (Å²) < 4.78 is 1.94. The fourth-order valence-electron chi connectivity index (χ4n) is 1.76. The van der Waals surface area contributed by atoms with Crippen LogP contribution in [-0.4, -0.2) is 14.7 Å². The topological polar surface area (TPSA) is 38.1 Å². The highest BCUT2D eigenvalue weighted by atomic mass is 16.3. The van der Waals surface area contributed by atoms with Crippen molar-refractivity contribution in [1.29, 1.82) is 0 Å². The highest BCUT2D eigenvalue weighted by molar-refractivity contribution is 5.56. The maximum Gasteiger partial charge on any atom is 0.140 e. The Labute approximate surface area is 95.4 Å². The summed E-state index contributed by atoms with van der Waals surface area (Å²) in [7, 11) is 1.94. The van der Waals surface area contributed by atoms with Crippen LogP contribution in [0.1, 0.15) is 18.2 Å². The highest BCUT2D eigenvalue weighted by Gasteiger charge is 2.06. The molecule has 0 saturated heterocycles. The van der Waals surface area contributed by atoms with Crippen LogP contribution in [0.4, 0.5) is 0 Å². The Kier molecular flexibility index (Phi) is 3.06. The summed E-state index contributed by atoms with van der Waals surface area (Å²) in [6.45, 7) is 2.13. The van der Waals surface area contributed by atoms with Crippen LogP contribution in [0, 0.1) is 0 Å². The van der Waals surface area contributed by atoms with Crippen molar-refractivity contribution < 1.29 is 5.11 Å². The molecule has 3 heteroatoms. The van der Waals surface area contributed by atoms with E-state index in [1.165, 1.54) is 5.56 Å². The van der Waals surface area contributed by atoms with Gasteiger partial charge in [-0.15, -0.1) is 0 Å². The molecule has 0 aliphatic heterocycles. The molecule has 1 heterocycles. The van der Waals surface area contributed by atoms with E-state index in [9.17, 15) is 0 Å². The van der Waals surface area contributed by atoms with Gasteiger partial charge in [0, 0.05) is 18.8 Å². The zero-order valence-corrected chi connectivity index (χ0v) is 9.64. The smallest absolute Gasteiger partial charge is 0.140 e. The van der Waals surface area contributed by atoms with Gasteiger partial charge >= 0.3 is 0 Å². The van der Waals surface area contributed by atoms with Crippen molar-refractivity contribution in [3.8, 4) is 11.4 Å². The molecule has 1 aromatic heterocycles. The summed E-state index contributed by atoms with van der Waals surface area (Å²) in [5.74, 6) is 0.895. The molecule has 0 fully saturated rings. The van der Waals surface area contributed by atoms with E-state index in [-0.39, 0.29) is 6.61 Å². The largest absolute Gasteiger partial charge is 0.390 e. The first kappa shape index (κ1) is 10.9. The fourth-order valence-corrected chi connectivity index (χ4v) is 1.76. The number of rotatable bonds is 3. The molecule has 0 unspecified atom stereocenters. The van der Waals surface area contributed by atoms with Crippen LogP contribution in [0.15, 0.2) is 30.5 Å². The molecule has 1 N–H and O–H groups in total. The Morgan fingerprint density at radius 3 is 2.44 bits per heavy atom. The van der Waals surface area contributed by atoms with Crippen molar-refractivity contribution >= 4 is 0 Å². The molecule has 0 amide bonds. The highest BCUT2D eigenvalue weighted by Crippen LogP contribution is 2.18. The van der Waals surface area contributed by atoms with Gasteiger partial charge in [-0.05, 0) is 12.0 Å². The third-order valence-corrected chi connectivity index (χ3v) is 2.71. The molecule has 0 radical (unpaired) electrons. The number of benzene rings is 1. The molecule has 0 atom stereocenters. The minimum atomic E-state index is -0.0130. The van der Waals surface area contributed by atoms with Crippen LogP contribution in [0.3, 0.4) is 0 Å².